The number of aromatic amines is 1. The van der Waals surface area contributed by atoms with E-state index in [0.29, 0.717) is 0 Å². The van der Waals surface area contributed by atoms with Crippen LogP contribution in [-0.2, 0) is 40.5 Å². The van der Waals surface area contributed by atoms with E-state index in [2.05, 4.69) is 35.6 Å². The summed E-state index contributed by atoms with van der Waals surface area (Å²) in [7, 11) is -19.7. The first-order valence-corrected chi connectivity index (χ1v) is 17.7. The predicted molar refractivity (Wildman–Crippen MR) is 155 cm³/mol. The van der Waals surface area contributed by atoms with Gasteiger partial charge in [0.05, 0.1) is 9.79 Å². The summed E-state index contributed by atoms with van der Waals surface area (Å²) in [5, 5.41) is 41.0. The van der Waals surface area contributed by atoms with Gasteiger partial charge in [0, 0.05) is 10.8 Å². The molecule has 0 atom stereocenters. The van der Waals surface area contributed by atoms with Crippen molar-refractivity contribution in [2.24, 2.45) is 20.5 Å². The Morgan fingerprint density at radius 1 is 0.553 bits per heavy atom. The lowest BCUT2D eigenvalue weighted by atomic mass is 10.1. The van der Waals surface area contributed by atoms with Crippen molar-refractivity contribution in [1.29, 1.82) is 0 Å². The second kappa shape index (κ2) is 11.3. The number of phenols is 2. The van der Waals surface area contributed by atoms with Gasteiger partial charge in [-0.15, -0.1) is 25.6 Å². The van der Waals surface area contributed by atoms with Gasteiger partial charge < -0.3 is 10.2 Å². The van der Waals surface area contributed by atoms with Gasteiger partial charge in [0.15, 0.2) is 11.5 Å². The second-order valence-electron chi connectivity index (χ2n) is 9.17. The number of fused-ring (bicyclic) bond motifs is 2. The first kappa shape index (κ1) is 33.3. The van der Waals surface area contributed by atoms with E-state index < -0.39 is 94.8 Å². The highest BCUT2D eigenvalue weighted by Gasteiger charge is 2.24. The summed E-state index contributed by atoms with van der Waals surface area (Å²) in [6, 6.07) is 7.04. The Bertz CT molecular complexity index is 2470. The average Bonchev–Trinajstić information content (AvgIpc) is 3.40. The maximum absolute atomic E-state index is 11.8. The molecule has 0 aliphatic heterocycles. The summed E-state index contributed by atoms with van der Waals surface area (Å²) in [6.45, 7) is 0. The number of hydrogen-bond acceptors (Lipinski definition) is 16. The minimum atomic E-state index is -5.09. The monoisotopic (exact) mass is 729 g/mol. The topological polar surface area (TPSA) is 349 Å². The van der Waals surface area contributed by atoms with E-state index in [1.54, 1.807) is 0 Å². The first-order valence-electron chi connectivity index (χ1n) is 11.9. The Morgan fingerprint density at radius 2 is 0.979 bits per heavy atom. The van der Waals surface area contributed by atoms with Crippen LogP contribution in [0.5, 0.6) is 11.5 Å². The van der Waals surface area contributed by atoms with Crippen LogP contribution in [0, 0.1) is 0 Å². The van der Waals surface area contributed by atoms with E-state index in [1.165, 1.54) is 0 Å². The van der Waals surface area contributed by atoms with E-state index in [0.717, 1.165) is 48.5 Å². The fourth-order valence-electron chi connectivity index (χ4n) is 4.10. The number of hydrogen-bond donors (Lipinski definition) is 7. The highest BCUT2D eigenvalue weighted by atomic mass is 32.2. The van der Waals surface area contributed by atoms with Crippen molar-refractivity contribution >= 4 is 85.3 Å². The molecule has 47 heavy (non-hydrogen) atoms. The summed E-state index contributed by atoms with van der Waals surface area (Å²) in [5.41, 5.74) is -1.20. The summed E-state index contributed by atoms with van der Waals surface area (Å²) in [6.07, 6.45) is 0. The second-order valence-corrected chi connectivity index (χ2v) is 14.8. The standard InChI is InChI=1S/C22H15N7O14S4/c30-19-15(46(38,39)40)7-9-5-11(44(32,33)34)1-3-13(9)17(19)24-26-21-23-22(29-28-21)27-25-18-14-4-2-12(45(35,36)37)6-10(14)8-16(20(18)31)47(41,42)43/h1-8,30-31H,(H,23,28,29)(H,32,33,34)(H,35,36,37)(H,38,39,40)(H,41,42,43). The Morgan fingerprint density at radius 3 is 1.38 bits per heavy atom. The number of aromatic hydroxyl groups is 2. The smallest absolute Gasteiger partial charge is 0.298 e. The third-order valence-corrected chi connectivity index (χ3v) is 9.58. The van der Waals surface area contributed by atoms with Gasteiger partial charge in [-0.1, -0.05) is 12.1 Å². The molecule has 4 aromatic carbocycles. The number of nitrogens with one attached hydrogen (secondary N) is 1. The quantitative estimate of drug-likeness (QED) is 0.0889. The van der Waals surface area contributed by atoms with Gasteiger partial charge in [-0.3, -0.25) is 18.2 Å². The SMILES string of the molecule is O=S(=O)(O)c1ccc2c(N=Nc3n[nH]c(N=Nc4c(O)c(S(=O)(=O)O)cc5cc(S(=O)(=O)O)ccc45)n3)c(O)c(S(=O)(=O)O)cc2c1. The Kier molecular flexibility index (Phi) is 8.05. The number of aromatic nitrogens is 3. The van der Waals surface area contributed by atoms with Crippen molar-refractivity contribution in [3.63, 3.8) is 0 Å². The number of rotatable bonds is 8. The van der Waals surface area contributed by atoms with Crippen LogP contribution in [-0.4, -0.2) is 77.3 Å². The van der Waals surface area contributed by atoms with Gasteiger partial charge in [0.1, 0.15) is 21.2 Å². The molecule has 0 aliphatic rings. The van der Waals surface area contributed by atoms with E-state index in [-0.39, 0.29) is 21.5 Å². The molecule has 25 heteroatoms. The van der Waals surface area contributed by atoms with E-state index >= 15 is 0 Å². The number of phenolic OH excluding ortho intramolecular Hbond substituents is 2. The van der Waals surface area contributed by atoms with E-state index in [1.807, 2.05) is 0 Å². The molecule has 0 amide bonds. The molecule has 0 aliphatic carbocycles. The molecule has 1 aromatic heterocycles. The number of benzene rings is 4. The van der Waals surface area contributed by atoms with Crippen molar-refractivity contribution in [1.82, 2.24) is 15.2 Å². The van der Waals surface area contributed by atoms with Crippen LogP contribution in [0.2, 0.25) is 0 Å². The van der Waals surface area contributed by atoms with Crippen molar-refractivity contribution in [2.75, 3.05) is 0 Å². The predicted octanol–water partition coefficient (Wildman–Crippen LogP) is 3.34. The lowest BCUT2D eigenvalue weighted by Crippen LogP contribution is -2.00. The van der Waals surface area contributed by atoms with Crippen LogP contribution in [0.15, 0.2) is 88.6 Å². The summed E-state index contributed by atoms with van der Waals surface area (Å²) >= 11 is 0. The van der Waals surface area contributed by atoms with Gasteiger partial charge >= 0.3 is 0 Å². The lowest BCUT2D eigenvalue weighted by Gasteiger charge is -2.09. The Labute approximate surface area is 262 Å². The van der Waals surface area contributed by atoms with Crippen LogP contribution < -0.4 is 0 Å². The molecule has 0 saturated carbocycles. The van der Waals surface area contributed by atoms with Crippen molar-refractivity contribution in [3.05, 3.63) is 48.5 Å². The molecule has 0 radical (unpaired) electrons. The van der Waals surface area contributed by atoms with Crippen molar-refractivity contribution < 1.29 is 62.1 Å². The molecule has 5 aromatic rings. The molecule has 5 rings (SSSR count). The van der Waals surface area contributed by atoms with Crippen molar-refractivity contribution in [3.8, 4) is 11.5 Å². The fraction of sp³-hybridized carbons (Fsp3) is 0. The largest absolute Gasteiger partial charge is 0.504 e. The number of azo groups is 2. The lowest BCUT2D eigenvalue weighted by molar-refractivity contribution is 0.443. The molecule has 1 heterocycles. The molecule has 21 nitrogen and oxygen atoms in total. The Balaban J connectivity index is 1.57. The molecule has 0 bridgehead atoms. The fourth-order valence-corrected chi connectivity index (χ4v) is 6.37. The van der Waals surface area contributed by atoms with E-state index in [9.17, 15) is 62.1 Å². The zero-order chi connectivity index (χ0) is 34.7. The third-order valence-electron chi connectivity index (χ3n) is 6.14. The van der Waals surface area contributed by atoms with Gasteiger partial charge in [0.2, 0.25) is 0 Å². The Hall–Kier alpha value is -5.02. The van der Waals surface area contributed by atoms with Crippen molar-refractivity contribution in [2.45, 2.75) is 19.6 Å². The van der Waals surface area contributed by atoms with Gasteiger partial charge in [-0.25, -0.2) is 5.10 Å². The highest BCUT2D eigenvalue weighted by molar-refractivity contribution is 7.86. The minimum Gasteiger partial charge on any atom is -0.504 e. The summed E-state index contributed by atoms with van der Waals surface area (Å²) in [4.78, 5) is 0.320. The molecular formula is C22H15N7O14S4. The van der Waals surface area contributed by atoms with Crippen LogP contribution in [0.3, 0.4) is 0 Å². The van der Waals surface area contributed by atoms with Crippen LogP contribution in [0.25, 0.3) is 21.5 Å². The molecule has 0 fully saturated rings. The van der Waals surface area contributed by atoms with Crippen LogP contribution >= 0.6 is 0 Å². The maximum atomic E-state index is 11.8. The zero-order valence-electron chi connectivity index (χ0n) is 22.4. The molecule has 0 saturated heterocycles. The molecule has 0 unspecified atom stereocenters. The molecule has 246 valence electrons. The van der Waals surface area contributed by atoms with Crippen LogP contribution in [0.1, 0.15) is 0 Å². The normalized spacial score (nSPS) is 13.4. The van der Waals surface area contributed by atoms with Gasteiger partial charge in [-0.05, 0) is 47.2 Å². The molecule has 7 N–H and O–H groups in total. The van der Waals surface area contributed by atoms with E-state index in [4.69, 9.17) is 0 Å². The third kappa shape index (κ3) is 6.76. The molecule has 0 spiro atoms. The highest BCUT2D eigenvalue weighted by Crippen LogP contribution is 2.43. The molecular weight excluding hydrogens is 715 g/mol. The summed E-state index contributed by atoms with van der Waals surface area (Å²) < 4.78 is 131. The number of nitrogens with zero attached hydrogens (tertiary/aromatic N) is 6. The number of H-pyrrole nitrogens is 1. The van der Waals surface area contributed by atoms with Gasteiger partial charge in [-0.2, -0.15) is 38.7 Å². The zero-order valence-corrected chi connectivity index (χ0v) is 25.7. The van der Waals surface area contributed by atoms with Gasteiger partial charge in [0.25, 0.3) is 52.4 Å². The average molecular weight is 730 g/mol. The minimum absolute atomic E-state index is 0.0938. The summed E-state index contributed by atoms with van der Waals surface area (Å²) in [5.74, 6) is -3.22. The van der Waals surface area contributed by atoms with Crippen LogP contribution in [0.4, 0.5) is 23.3 Å². The first-order chi connectivity index (χ1) is 21.6. The maximum Gasteiger partial charge on any atom is 0.298 e.